The van der Waals surface area contributed by atoms with Gasteiger partial charge >= 0.3 is 0 Å². The SMILES string of the molecule is COc1ccc(Nc2ncc(C(N)=O)c(Nc3cccc(NC(C)=O)c3)n2)cc1OC. The van der Waals surface area contributed by atoms with E-state index in [1.807, 2.05) is 0 Å². The summed E-state index contributed by atoms with van der Waals surface area (Å²) in [7, 11) is 3.09. The molecule has 5 N–H and O–H groups in total. The zero-order valence-corrected chi connectivity index (χ0v) is 17.2. The predicted octanol–water partition coefficient (Wildman–Crippen LogP) is 3.04. The molecular formula is C21H22N6O4. The molecule has 1 heterocycles. The van der Waals surface area contributed by atoms with Crippen molar-refractivity contribution in [1.82, 2.24) is 9.97 Å². The molecule has 0 saturated heterocycles. The quantitative estimate of drug-likeness (QED) is 0.434. The van der Waals surface area contributed by atoms with Crippen molar-refractivity contribution in [3.05, 3.63) is 54.2 Å². The number of primary amides is 1. The van der Waals surface area contributed by atoms with Crippen LogP contribution in [0.3, 0.4) is 0 Å². The average Bonchev–Trinajstić information content (AvgIpc) is 2.73. The van der Waals surface area contributed by atoms with E-state index < -0.39 is 5.91 Å². The lowest BCUT2D eigenvalue weighted by Gasteiger charge is -2.13. The van der Waals surface area contributed by atoms with E-state index in [2.05, 4.69) is 25.9 Å². The van der Waals surface area contributed by atoms with Gasteiger partial charge in [0.25, 0.3) is 5.91 Å². The molecule has 0 atom stereocenters. The lowest BCUT2D eigenvalue weighted by atomic mass is 10.2. The van der Waals surface area contributed by atoms with Crippen molar-refractivity contribution in [3.63, 3.8) is 0 Å². The first kappa shape index (κ1) is 21.4. The molecule has 2 amide bonds. The summed E-state index contributed by atoms with van der Waals surface area (Å²) < 4.78 is 10.5. The van der Waals surface area contributed by atoms with Gasteiger partial charge in [-0.2, -0.15) is 4.98 Å². The molecule has 3 aromatic rings. The summed E-state index contributed by atoms with van der Waals surface area (Å²) in [6.07, 6.45) is 1.33. The molecule has 0 aliphatic heterocycles. The Morgan fingerprint density at radius 3 is 2.32 bits per heavy atom. The van der Waals surface area contributed by atoms with Crippen LogP contribution in [-0.4, -0.2) is 36.0 Å². The van der Waals surface area contributed by atoms with Gasteiger partial charge in [-0.25, -0.2) is 4.98 Å². The minimum absolute atomic E-state index is 0.114. The maximum Gasteiger partial charge on any atom is 0.254 e. The van der Waals surface area contributed by atoms with Crippen molar-refractivity contribution in [1.29, 1.82) is 0 Å². The maximum absolute atomic E-state index is 11.8. The predicted molar refractivity (Wildman–Crippen MR) is 117 cm³/mol. The van der Waals surface area contributed by atoms with Crippen molar-refractivity contribution < 1.29 is 19.1 Å². The van der Waals surface area contributed by atoms with E-state index >= 15 is 0 Å². The first-order valence-corrected chi connectivity index (χ1v) is 9.20. The summed E-state index contributed by atoms with van der Waals surface area (Å²) in [4.78, 5) is 31.7. The van der Waals surface area contributed by atoms with Crippen LogP contribution in [0, 0.1) is 0 Å². The number of carbonyl (C=O) groups is 2. The molecule has 0 aliphatic rings. The number of ether oxygens (including phenoxy) is 2. The van der Waals surface area contributed by atoms with E-state index in [0.29, 0.717) is 28.6 Å². The van der Waals surface area contributed by atoms with Gasteiger partial charge < -0.3 is 31.2 Å². The number of carbonyl (C=O) groups excluding carboxylic acids is 2. The Labute approximate surface area is 178 Å². The molecule has 0 spiro atoms. The molecule has 0 fully saturated rings. The van der Waals surface area contributed by atoms with Crippen molar-refractivity contribution in [2.45, 2.75) is 6.92 Å². The Morgan fingerprint density at radius 1 is 0.935 bits per heavy atom. The number of aromatic nitrogens is 2. The Bertz CT molecular complexity index is 1120. The normalized spacial score (nSPS) is 10.2. The summed E-state index contributed by atoms with van der Waals surface area (Å²) in [5, 5.41) is 8.79. The van der Waals surface area contributed by atoms with Gasteiger partial charge in [0, 0.05) is 36.2 Å². The van der Waals surface area contributed by atoms with E-state index in [1.165, 1.54) is 20.2 Å². The van der Waals surface area contributed by atoms with Crippen LogP contribution in [-0.2, 0) is 4.79 Å². The fourth-order valence-electron chi connectivity index (χ4n) is 2.78. The first-order chi connectivity index (χ1) is 14.9. The van der Waals surface area contributed by atoms with E-state index in [9.17, 15) is 9.59 Å². The van der Waals surface area contributed by atoms with Crippen LogP contribution in [0.4, 0.5) is 28.8 Å². The molecule has 31 heavy (non-hydrogen) atoms. The maximum atomic E-state index is 11.8. The topological polar surface area (TPSA) is 140 Å². The number of benzene rings is 2. The molecule has 10 nitrogen and oxygen atoms in total. The minimum Gasteiger partial charge on any atom is -0.493 e. The van der Waals surface area contributed by atoms with Gasteiger partial charge in [-0.3, -0.25) is 9.59 Å². The van der Waals surface area contributed by atoms with Crippen LogP contribution in [0.1, 0.15) is 17.3 Å². The van der Waals surface area contributed by atoms with Crippen LogP contribution < -0.4 is 31.2 Å². The fraction of sp³-hybridized carbons (Fsp3) is 0.143. The van der Waals surface area contributed by atoms with Crippen molar-refractivity contribution in [3.8, 4) is 11.5 Å². The lowest BCUT2D eigenvalue weighted by molar-refractivity contribution is -0.114. The third-order valence-electron chi connectivity index (χ3n) is 4.14. The molecule has 1 aromatic heterocycles. The van der Waals surface area contributed by atoms with E-state index in [1.54, 1.807) is 49.6 Å². The average molecular weight is 422 g/mol. The van der Waals surface area contributed by atoms with Crippen LogP contribution >= 0.6 is 0 Å². The first-order valence-electron chi connectivity index (χ1n) is 9.20. The van der Waals surface area contributed by atoms with Gasteiger partial charge in [-0.05, 0) is 30.3 Å². The molecule has 0 saturated carbocycles. The van der Waals surface area contributed by atoms with Crippen molar-refractivity contribution >= 4 is 40.6 Å². The van der Waals surface area contributed by atoms with Crippen LogP contribution in [0.2, 0.25) is 0 Å². The second-order valence-corrected chi connectivity index (χ2v) is 6.40. The van der Waals surface area contributed by atoms with Gasteiger partial charge in [-0.1, -0.05) is 6.07 Å². The Morgan fingerprint density at radius 2 is 1.65 bits per heavy atom. The third-order valence-corrected chi connectivity index (χ3v) is 4.14. The van der Waals surface area contributed by atoms with Gasteiger partial charge in [0.05, 0.1) is 14.2 Å². The van der Waals surface area contributed by atoms with Gasteiger partial charge in [0.2, 0.25) is 11.9 Å². The monoisotopic (exact) mass is 422 g/mol. The highest BCUT2D eigenvalue weighted by Gasteiger charge is 2.14. The molecule has 10 heteroatoms. The summed E-state index contributed by atoms with van der Waals surface area (Å²) >= 11 is 0. The highest BCUT2D eigenvalue weighted by molar-refractivity contribution is 5.98. The van der Waals surface area contributed by atoms with Gasteiger partial charge in [0.15, 0.2) is 11.5 Å². The third kappa shape index (κ3) is 5.38. The zero-order valence-electron chi connectivity index (χ0n) is 17.2. The molecule has 0 bridgehead atoms. The number of nitrogens with zero attached hydrogens (tertiary/aromatic N) is 2. The standard InChI is InChI=1S/C21H22N6O4/c1-12(28)24-13-5-4-6-14(9-13)25-20-16(19(22)29)11-23-21(27-20)26-15-7-8-17(30-2)18(10-15)31-3/h4-11H,1-3H3,(H2,22,29)(H,24,28)(H2,23,25,26,27). The second kappa shape index (κ2) is 9.44. The smallest absolute Gasteiger partial charge is 0.254 e. The zero-order chi connectivity index (χ0) is 22.4. The van der Waals surface area contributed by atoms with Crippen molar-refractivity contribution in [2.24, 2.45) is 5.73 Å². The van der Waals surface area contributed by atoms with Crippen molar-refractivity contribution in [2.75, 3.05) is 30.2 Å². The highest BCUT2D eigenvalue weighted by atomic mass is 16.5. The highest BCUT2D eigenvalue weighted by Crippen LogP contribution is 2.31. The number of amides is 2. The molecular weight excluding hydrogens is 400 g/mol. The number of nitrogens with two attached hydrogens (primary N) is 1. The summed E-state index contributed by atoms with van der Waals surface area (Å²) in [5.74, 6) is 0.689. The van der Waals surface area contributed by atoms with E-state index in [4.69, 9.17) is 15.2 Å². The summed E-state index contributed by atoms with van der Waals surface area (Å²) in [5.41, 5.74) is 7.43. The van der Waals surface area contributed by atoms with E-state index in [-0.39, 0.29) is 23.2 Å². The number of hydrogen-bond donors (Lipinski definition) is 4. The van der Waals surface area contributed by atoms with Crippen LogP contribution in [0.15, 0.2) is 48.7 Å². The summed E-state index contributed by atoms with van der Waals surface area (Å²) in [6, 6.07) is 12.2. The number of methoxy groups -OCH3 is 2. The lowest BCUT2D eigenvalue weighted by Crippen LogP contribution is -2.16. The molecule has 2 aromatic carbocycles. The fourth-order valence-corrected chi connectivity index (χ4v) is 2.78. The van der Waals surface area contributed by atoms with Gasteiger partial charge in [-0.15, -0.1) is 0 Å². The number of hydrogen-bond acceptors (Lipinski definition) is 8. The molecule has 3 rings (SSSR count). The van der Waals surface area contributed by atoms with Crippen LogP contribution in [0.25, 0.3) is 0 Å². The Kier molecular flexibility index (Phi) is 6.51. The number of anilines is 5. The molecule has 0 radical (unpaired) electrons. The molecule has 0 aliphatic carbocycles. The van der Waals surface area contributed by atoms with Gasteiger partial charge in [0.1, 0.15) is 11.4 Å². The summed E-state index contributed by atoms with van der Waals surface area (Å²) in [6.45, 7) is 1.42. The molecule has 0 unspecified atom stereocenters. The second-order valence-electron chi connectivity index (χ2n) is 6.40. The largest absolute Gasteiger partial charge is 0.493 e. The Hall–Kier alpha value is -4.34. The number of nitrogens with one attached hydrogen (secondary N) is 3. The number of rotatable bonds is 8. The van der Waals surface area contributed by atoms with Crippen LogP contribution in [0.5, 0.6) is 11.5 Å². The molecule has 160 valence electrons. The van der Waals surface area contributed by atoms with E-state index in [0.717, 1.165) is 0 Å². The Balaban J connectivity index is 1.89. The minimum atomic E-state index is -0.682.